The summed E-state index contributed by atoms with van der Waals surface area (Å²) in [5, 5.41) is 12.2. The van der Waals surface area contributed by atoms with Crippen LogP contribution in [0.1, 0.15) is 36.7 Å². The number of hydrogen-bond acceptors (Lipinski definition) is 6. The van der Waals surface area contributed by atoms with Gasteiger partial charge in [-0.05, 0) is 25.3 Å². The summed E-state index contributed by atoms with van der Waals surface area (Å²) in [5.41, 5.74) is 0.456. The number of aromatic nitrogens is 1. The van der Waals surface area contributed by atoms with E-state index < -0.39 is 5.97 Å². The number of nitrogens with zero attached hydrogens (tertiary/aromatic N) is 1. The lowest BCUT2D eigenvalue weighted by Crippen LogP contribution is -2.22. The highest BCUT2D eigenvalue weighted by Gasteiger charge is 2.15. The predicted molar refractivity (Wildman–Crippen MR) is 80.9 cm³/mol. The molecule has 0 aromatic carbocycles. The number of carboxylic acids is 1. The van der Waals surface area contributed by atoms with E-state index in [2.05, 4.69) is 10.3 Å². The van der Waals surface area contributed by atoms with E-state index in [1.807, 2.05) is 6.26 Å². The first-order valence-corrected chi connectivity index (χ1v) is 8.27. The second kappa shape index (κ2) is 6.77. The Labute approximate surface area is 129 Å². The molecule has 0 saturated carbocycles. The minimum atomic E-state index is -1.00. The van der Waals surface area contributed by atoms with Crippen molar-refractivity contribution in [3.05, 3.63) is 39.2 Å². The highest BCUT2D eigenvalue weighted by Crippen LogP contribution is 2.18. The maximum atomic E-state index is 11.9. The molecule has 0 aliphatic rings. The molecule has 0 bridgehead atoms. The summed E-state index contributed by atoms with van der Waals surface area (Å²) < 4.78 is 5.40. The average Bonchev–Trinajstić information content (AvgIpc) is 3.03. The Morgan fingerprint density at radius 1 is 1.48 bits per heavy atom. The lowest BCUT2D eigenvalue weighted by atomic mass is 10.4. The number of carbonyl (C=O) groups is 2. The van der Waals surface area contributed by atoms with Crippen LogP contribution < -0.4 is 5.32 Å². The Hall–Kier alpha value is -1.80. The van der Waals surface area contributed by atoms with Crippen LogP contribution in [0.2, 0.25) is 0 Å². The van der Waals surface area contributed by atoms with Crippen LogP contribution in [0.15, 0.2) is 16.5 Å². The van der Waals surface area contributed by atoms with Crippen molar-refractivity contribution in [1.82, 2.24) is 10.3 Å². The lowest BCUT2D eigenvalue weighted by Gasteiger charge is -1.99. The molecule has 2 heterocycles. The second-order valence-electron chi connectivity index (χ2n) is 4.21. The number of hydrogen-bond donors (Lipinski definition) is 2. The van der Waals surface area contributed by atoms with E-state index in [9.17, 15) is 9.59 Å². The molecule has 2 aromatic heterocycles. The van der Waals surface area contributed by atoms with E-state index in [4.69, 9.17) is 9.52 Å². The van der Waals surface area contributed by atoms with Gasteiger partial charge < -0.3 is 14.8 Å². The van der Waals surface area contributed by atoms with Gasteiger partial charge in [-0.3, -0.25) is 4.79 Å². The number of thiazole rings is 1. The number of nitrogens with one attached hydrogen (secondary N) is 1. The standard InChI is InChI=1S/C13H14N2O4S2/c1-7-11(13(17)18)21-10(15-7)5-14-12(16)9-4-3-8(19-9)6-20-2/h3-4H,5-6H2,1-2H3,(H,14,16)(H,17,18). The van der Waals surface area contributed by atoms with Crippen molar-refractivity contribution < 1.29 is 19.1 Å². The molecule has 0 aliphatic carbocycles. The summed E-state index contributed by atoms with van der Waals surface area (Å²) in [7, 11) is 0. The molecule has 0 saturated heterocycles. The molecular weight excluding hydrogens is 312 g/mol. The largest absolute Gasteiger partial charge is 0.477 e. The Morgan fingerprint density at radius 3 is 2.86 bits per heavy atom. The second-order valence-corrected chi connectivity index (χ2v) is 6.16. The number of carbonyl (C=O) groups excluding carboxylic acids is 1. The van der Waals surface area contributed by atoms with Crippen LogP contribution in [0.4, 0.5) is 0 Å². The number of thioether (sulfide) groups is 1. The Kier molecular flexibility index (Phi) is 5.03. The molecule has 8 heteroatoms. The molecule has 1 amide bonds. The van der Waals surface area contributed by atoms with Crippen LogP contribution in [0.25, 0.3) is 0 Å². The minimum absolute atomic E-state index is 0.177. The molecule has 0 spiro atoms. The van der Waals surface area contributed by atoms with E-state index >= 15 is 0 Å². The number of amides is 1. The van der Waals surface area contributed by atoms with E-state index in [0.717, 1.165) is 17.1 Å². The van der Waals surface area contributed by atoms with Crippen molar-refractivity contribution in [2.45, 2.75) is 19.2 Å². The van der Waals surface area contributed by atoms with Gasteiger partial charge in [-0.25, -0.2) is 9.78 Å². The van der Waals surface area contributed by atoms with Gasteiger partial charge in [-0.1, -0.05) is 0 Å². The fourth-order valence-corrected chi connectivity index (χ4v) is 2.97. The van der Waals surface area contributed by atoms with Gasteiger partial charge in [-0.2, -0.15) is 11.8 Å². The van der Waals surface area contributed by atoms with Gasteiger partial charge in [0.2, 0.25) is 0 Å². The van der Waals surface area contributed by atoms with E-state index in [1.165, 1.54) is 0 Å². The molecule has 2 N–H and O–H groups in total. The first-order valence-electron chi connectivity index (χ1n) is 6.06. The van der Waals surface area contributed by atoms with Gasteiger partial charge in [0.15, 0.2) is 5.76 Å². The van der Waals surface area contributed by atoms with Crippen LogP contribution in [0, 0.1) is 6.92 Å². The highest BCUT2D eigenvalue weighted by molar-refractivity contribution is 7.97. The van der Waals surface area contributed by atoms with Gasteiger partial charge in [0.25, 0.3) is 5.91 Å². The van der Waals surface area contributed by atoms with E-state index in [1.54, 1.807) is 30.8 Å². The quantitative estimate of drug-likeness (QED) is 0.847. The fraction of sp³-hybridized carbons (Fsp3) is 0.308. The zero-order valence-corrected chi connectivity index (χ0v) is 13.1. The van der Waals surface area contributed by atoms with Crippen molar-refractivity contribution in [1.29, 1.82) is 0 Å². The van der Waals surface area contributed by atoms with Crippen LogP contribution in [0.3, 0.4) is 0 Å². The summed E-state index contributed by atoms with van der Waals surface area (Å²) in [5.74, 6) is 0.347. The van der Waals surface area contributed by atoms with Crippen molar-refractivity contribution in [3.8, 4) is 0 Å². The lowest BCUT2D eigenvalue weighted by molar-refractivity contribution is 0.0701. The van der Waals surface area contributed by atoms with E-state index in [0.29, 0.717) is 16.5 Å². The van der Waals surface area contributed by atoms with Crippen LogP contribution in [-0.4, -0.2) is 28.2 Å². The van der Waals surface area contributed by atoms with Crippen LogP contribution >= 0.6 is 23.1 Å². The summed E-state index contributed by atoms with van der Waals surface area (Å²) >= 11 is 2.67. The molecule has 0 fully saturated rings. The van der Waals surface area contributed by atoms with Crippen molar-refractivity contribution in [2.75, 3.05) is 6.26 Å². The molecule has 6 nitrogen and oxygen atoms in total. The monoisotopic (exact) mass is 326 g/mol. The molecule has 2 rings (SSSR count). The fourth-order valence-electron chi connectivity index (χ4n) is 1.69. The summed E-state index contributed by atoms with van der Waals surface area (Å²) in [6, 6.07) is 3.39. The first-order chi connectivity index (χ1) is 10.0. The molecule has 2 aromatic rings. The smallest absolute Gasteiger partial charge is 0.347 e. The van der Waals surface area contributed by atoms with Gasteiger partial charge in [0.1, 0.15) is 15.6 Å². The zero-order valence-electron chi connectivity index (χ0n) is 11.5. The highest BCUT2D eigenvalue weighted by atomic mass is 32.2. The SMILES string of the molecule is CSCc1ccc(C(=O)NCc2nc(C)c(C(=O)O)s2)o1. The topological polar surface area (TPSA) is 92.4 Å². The summed E-state index contributed by atoms with van der Waals surface area (Å²) in [6.07, 6.45) is 1.95. The summed E-state index contributed by atoms with van der Waals surface area (Å²) in [4.78, 5) is 27.2. The molecule has 0 atom stereocenters. The Morgan fingerprint density at radius 2 is 2.24 bits per heavy atom. The van der Waals surface area contributed by atoms with Gasteiger partial charge in [-0.15, -0.1) is 11.3 Å². The van der Waals surface area contributed by atoms with Crippen LogP contribution in [-0.2, 0) is 12.3 Å². The Balaban J connectivity index is 1.97. The third kappa shape index (κ3) is 3.85. The maximum absolute atomic E-state index is 11.9. The zero-order chi connectivity index (χ0) is 15.4. The predicted octanol–water partition coefficient (Wildman–Crippen LogP) is 2.54. The first kappa shape index (κ1) is 15.6. The van der Waals surface area contributed by atoms with Gasteiger partial charge >= 0.3 is 5.97 Å². The molecule has 112 valence electrons. The Bertz CT molecular complexity index is 663. The maximum Gasteiger partial charge on any atom is 0.347 e. The number of carboxylic acid groups (broad SMARTS) is 1. The number of furan rings is 1. The van der Waals surface area contributed by atoms with Crippen molar-refractivity contribution in [3.63, 3.8) is 0 Å². The third-order valence-electron chi connectivity index (χ3n) is 2.61. The molecule has 0 radical (unpaired) electrons. The molecule has 0 aliphatic heterocycles. The normalized spacial score (nSPS) is 10.6. The van der Waals surface area contributed by atoms with Crippen molar-refractivity contribution >= 4 is 35.0 Å². The number of aromatic carboxylic acids is 1. The third-order valence-corrected chi connectivity index (χ3v) is 4.33. The molecular formula is C13H14N2O4S2. The van der Waals surface area contributed by atoms with E-state index in [-0.39, 0.29) is 23.1 Å². The number of aryl methyl sites for hydroxylation is 1. The minimum Gasteiger partial charge on any atom is -0.477 e. The van der Waals surface area contributed by atoms with Crippen molar-refractivity contribution in [2.24, 2.45) is 0 Å². The number of rotatable bonds is 6. The van der Waals surface area contributed by atoms with Gasteiger partial charge in [0.05, 0.1) is 18.0 Å². The molecule has 21 heavy (non-hydrogen) atoms. The van der Waals surface area contributed by atoms with Crippen LogP contribution in [0.5, 0.6) is 0 Å². The van der Waals surface area contributed by atoms with Gasteiger partial charge in [0, 0.05) is 0 Å². The average molecular weight is 326 g/mol. The molecule has 0 unspecified atom stereocenters. The summed E-state index contributed by atoms with van der Waals surface area (Å²) in [6.45, 7) is 1.81.